The number of benzene rings is 1. The lowest BCUT2D eigenvalue weighted by atomic mass is 10.2. The van der Waals surface area contributed by atoms with E-state index < -0.39 is 0 Å². The number of methoxy groups -OCH3 is 1. The minimum absolute atomic E-state index is 0.694. The predicted molar refractivity (Wildman–Crippen MR) is 81.8 cm³/mol. The highest BCUT2D eigenvalue weighted by Crippen LogP contribution is 2.23. The molecule has 108 valence electrons. The van der Waals surface area contributed by atoms with Gasteiger partial charge in [-0.25, -0.2) is 0 Å². The van der Waals surface area contributed by atoms with Gasteiger partial charge < -0.3 is 19.7 Å². The van der Waals surface area contributed by atoms with Gasteiger partial charge in [0.15, 0.2) is 0 Å². The summed E-state index contributed by atoms with van der Waals surface area (Å²) in [4.78, 5) is 2.11. The molecule has 4 nitrogen and oxygen atoms in total. The van der Waals surface area contributed by atoms with Gasteiger partial charge in [-0.1, -0.05) is 15.9 Å². The highest BCUT2D eigenvalue weighted by atomic mass is 79.9. The van der Waals surface area contributed by atoms with Crippen LogP contribution < -0.4 is 10.1 Å². The summed E-state index contributed by atoms with van der Waals surface area (Å²) in [6.45, 7) is 3.93. The van der Waals surface area contributed by atoms with E-state index in [-0.39, 0.29) is 0 Å². The molecule has 1 aromatic rings. The van der Waals surface area contributed by atoms with E-state index >= 15 is 0 Å². The summed E-state index contributed by atoms with van der Waals surface area (Å²) in [5.41, 5.74) is 1.16. The molecule has 0 fully saturated rings. The average Bonchev–Trinajstić information content (AvgIpc) is 2.36. The maximum atomic E-state index is 5.83. The molecule has 0 heterocycles. The Labute approximate surface area is 124 Å². The second kappa shape index (κ2) is 9.31. The molecule has 0 aliphatic carbocycles. The Hall–Kier alpha value is -0.620. The van der Waals surface area contributed by atoms with Gasteiger partial charge in [0.05, 0.1) is 6.61 Å². The van der Waals surface area contributed by atoms with Crippen molar-refractivity contribution in [3.63, 3.8) is 0 Å². The van der Waals surface area contributed by atoms with Crippen molar-refractivity contribution in [2.75, 3.05) is 47.5 Å². The smallest absolute Gasteiger partial charge is 0.123 e. The van der Waals surface area contributed by atoms with Gasteiger partial charge >= 0.3 is 0 Å². The molecule has 5 heteroatoms. The molecule has 0 spiro atoms. The fourth-order valence-corrected chi connectivity index (χ4v) is 1.97. The average molecular weight is 331 g/mol. The molecule has 1 N–H and O–H groups in total. The van der Waals surface area contributed by atoms with Crippen molar-refractivity contribution in [3.05, 3.63) is 28.2 Å². The molecule has 0 aliphatic heterocycles. The number of hydrogen-bond donors (Lipinski definition) is 1. The lowest BCUT2D eigenvalue weighted by Crippen LogP contribution is -2.21. The molecular weight excluding hydrogens is 308 g/mol. The van der Waals surface area contributed by atoms with E-state index in [1.54, 1.807) is 7.11 Å². The Balaban J connectivity index is 2.53. The first-order valence-electron chi connectivity index (χ1n) is 6.39. The van der Waals surface area contributed by atoms with Crippen molar-refractivity contribution < 1.29 is 9.47 Å². The van der Waals surface area contributed by atoms with Gasteiger partial charge in [0.1, 0.15) is 12.4 Å². The zero-order valence-electron chi connectivity index (χ0n) is 11.9. The first kappa shape index (κ1) is 16.4. The highest BCUT2D eigenvalue weighted by Gasteiger charge is 2.05. The van der Waals surface area contributed by atoms with E-state index in [1.807, 2.05) is 26.2 Å². The van der Waals surface area contributed by atoms with Crippen LogP contribution in [0.15, 0.2) is 22.7 Å². The molecule has 0 aliphatic rings. The normalized spacial score (nSPS) is 11.0. The Kier molecular flexibility index (Phi) is 8.05. The van der Waals surface area contributed by atoms with Crippen LogP contribution in [0.5, 0.6) is 5.75 Å². The van der Waals surface area contributed by atoms with Crippen molar-refractivity contribution in [1.82, 2.24) is 10.2 Å². The molecule has 0 saturated heterocycles. The van der Waals surface area contributed by atoms with Crippen LogP contribution in [0.2, 0.25) is 0 Å². The SMILES string of the molecule is COCCNCc1cc(Br)ccc1OCCN(C)C. The minimum atomic E-state index is 0.694. The third kappa shape index (κ3) is 6.92. The lowest BCUT2D eigenvalue weighted by Gasteiger charge is -2.15. The first-order chi connectivity index (χ1) is 9.13. The monoisotopic (exact) mass is 330 g/mol. The number of nitrogens with one attached hydrogen (secondary N) is 1. The fraction of sp³-hybridized carbons (Fsp3) is 0.571. The standard InChI is InChI=1S/C14H23BrN2O2/c1-17(2)7-9-19-14-5-4-13(15)10-12(14)11-16-6-8-18-3/h4-5,10,16H,6-9,11H2,1-3H3. The molecular formula is C14H23BrN2O2. The minimum Gasteiger partial charge on any atom is -0.492 e. The molecule has 0 bridgehead atoms. The van der Waals surface area contributed by atoms with E-state index in [9.17, 15) is 0 Å². The van der Waals surface area contributed by atoms with Crippen molar-refractivity contribution in [1.29, 1.82) is 0 Å². The molecule has 0 unspecified atom stereocenters. The van der Waals surface area contributed by atoms with Crippen LogP contribution >= 0.6 is 15.9 Å². The van der Waals surface area contributed by atoms with Gasteiger partial charge in [-0.3, -0.25) is 0 Å². The van der Waals surface area contributed by atoms with Crippen molar-refractivity contribution in [2.24, 2.45) is 0 Å². The summed E-state index contributed by atoms with van der Waals surface area (Å²) < 4.78 is 11.9. The van der Waals surface area contributed by atoms with Crippen LogP contribution in [-0.4, -0.2) is 52.4 Å². The number of ether oxygens (including phenoxy) is 2. The third-order valence-corrected chi connectivity index (χ3v) is 3.11. The predicted octanol–water partition coefficient (Wildman–Crippen LogP) is 2.13. The van der Waals surface area contributed by atoms with E-state index in [2.05, 4.69) is 32.2 Å². The highest BCUT2D eigenvalue weighted by molar-refractivity contribution is 9.10. The summed E-state index contributed by atoms with van der Waals surface area (Å²) in [5.74, 6) is 0.940. The van der Waals surface area contributed by atoms with Gasteiger partial charge in [0.25, 0.3) is 0 Å². The molecule has 0 atom stereocenters. The second-order valence-corrected chi connectivity index (χ2v) is 5.49. The van der Waals surface area contributed by atoms with Crippen LogP contribution in [-0.2, 0) is 11.3 Å². The topological polar surface area (TPSA) is 33.7 Å². The summed E-state index contributed by atoms with van der Waals surface area (Å²) in [7, 11) is 5.78. The molecule has 0 amide bonds. The van der Waals surface area contributed by atoms with Gasteiger partial charge in [0, 0.05) is 36.8 Å². The molecule has 0 saturated carbocycles. The number of likely N-dealkylation sites (N-methyl/N-ethyl adjacent to an activating group) is 1. The van der Waals surface area contributed by atoms with Crippen molar-refractivity contribution in [2.45, 2.75) is 6.54 Å². The Bertz CT molecular complexity index is 372. The fourth-order valence-electron chi connectivity index (χ4n) is 1.56. The molecule has 19 heavy (non-hydrogen) atoms. The summed E-state index contributed by atoms with van der Waals surface area (Å²) in [5, 5.41) is 3.33. The zero-order valence-corrected chi connectivity index (χ0v) is 13.5. The summed E-state index contributed by atoms with van der Waals surface area (Å²) in [6, 6.07) is 6.10. The van der Waals surface area contributed by atoms with Crippen LogP contribution in [0, 0.1) is 0 Å². The maximum Gasteiger partial charge on any atom is 0.123 e. The summed E-state index contributed by atoms with van der Waals surface area (Å²) in [6.07, 6.45) is 0. The van der Waals surface area contributed by atoms with Crippen LogP contribution in [0.4, 0.5) is 0 Å². The quantitative estimate of drug-likeness (QED) is 0.703. The van der Waals surface area contributed by atoms with Crippen LogP contribution in [0.25, 0.3) is 0 Å². The number of nitrogens with zero attached hydrogens (tertiary/aromatic N) is 1. The Morgan fingerprint density at radius 1 is 1.26 bits per heavy atom. The van der Waals surface area contributed by atoms with Gasteiger partial charge in [0.2, 0.25) is 0 Å². The van der Waals surface area contributed by atoms with E-state index in [4.69, 9.17) is 9.47 Å². The van der Waals surface area contributed by atoms with Crippen molar-refractivity contribution in [3.8, 4) is 5.75 Å². The van der Waals surface area contributed by atoms with Gasteiger partial charge in [-0.2, -0.15) is 0 Å². The van der Waals surface area contributed by atoms with E-state index in [0.29, 0.717) is 13.2 Å². The maximum absolute atomic E-state index is 5.83. The second-order valence-electron chi connectivity index (χ2n) is 4.57. The zero-order chi connectivity index (χ0) is 14.1. The van der Waals surface area contributed by atoms with E-state index in [0.717, 1.165) is 35.4 Å². The largest absolute Gasteiger partial charge is 0.492 e. The van der Waals surface area contributed by atoms with Gasteiger partial charge in [-0.05, 0) is 32.3 Å². The Morgan fingerprint density at radius 2 is 2.05 bits per heavy atom. The Morgan fingerprint density at radius 3 is 2.74 bits per heavy atom. The number of rotatable bonds is 9. The lowest BCUT2D eigenvalue weighted by molar-refractivity contribution is 0.199. The van der Waals surface area contributed by atoms with Gasteiger partial charge in [-0.15, -0.1) is 0 Å². The number of hydrogen-bond acceptors (Lipinski definition) is 4. The first-order valence-corrected chi connectivity index (χ1v) is 7.18. The van der Waals surface area contributed by atoms with Crippen molar-refractivity contribution >= 4 is 15.9 Å². The molecule has 0 aromatic heterocycles. The van der Waals surface area contributed by atoms with Crippen LogP contribution in [0.1, 0.15) is 5.56 Å². The molecule has 0 radical (unpaired) electrons. The molecule has 1 aromatic carbocycles. The summed E-state index contributed by atoms with van der Waals surface area (Å²) >= 11 is 3.49. The third-order valence-electron chi connectivity index (χ3n) is 2.62. The van der Waals surface area contributed by atoms with E-state index in [1.165, 1.54) is 0 Å². The van der Waals surface area contributed by atoms with Crippen LogP contribution in [0.3, 0.4) is 0 Å². The molecule has 1 rings (SSSR count). The number of halogens is 1.